The van der Waals surface area contributed by atoms with E-state index in [1.165, 1.54) is 12.1 Å². The second-order valence-electron chi connectivity index (χ2n) is 7.06. The summed E-state index contributed by atoms with van der Waals surface area (Å²) in [6, 6.07) is 9.51. The second kappa shape index (κ2) is 9.82. The van der Waals surface area contributed by atoms with Crippen LogP contribution in [-0.2, 0) is 11.3 Å². The van der Waals surface area contributed by atoms with Crippen LogP contribution >= 0.6 is 0 Å². The number of carbonyl (C=O) groups excluding carboxylic acids is 1. The smallest absolute Gasteiger partial charge is 0.257 e. The number of aliphatic hydroxyl groups excluding tert-OH is 1. The van der Waals surface area contributed by atoms with E-state index in [2.05, 4.69) is 4.90 Å². The van der Waals surface area contributed by atoms with Crippen LogP contribution in [0.5, 0.6) is 0 Å². The van der Waals surface area contributed by atoms with Crippen molar-refractivity contribution in [1.82, 2.24) is 9.80 Å². The van der Waals surface area contributed by atoms with Crippen molar-refractivity contribution in [3.63, 3.8) is 0 Å². The van der Waals surface area contributed by atoms with E-state index in [0.717, 1.165) is 6.54 Å². The first-order chi connectivity index (χ1) is 13.6. The molecule has 1 fully saturated rings. The Kier molecular flexibility index (Phi) is 7.19. The summed E-state index contributed by atoms with van der Waals surface area (Å²) in [5.41, 5.74) is 0.0307. The summed E-state index contributed by atoms with van der Waals surface area (Å²) in [4.78, 5) is 16.7. The molecular weight excluding hydrogens is 363 g/mol. The van der Waals surface area contributed by atoms with E-state index in [1.54, 1.807) is 35.4 Å². The predicted molar refractivity (Wildman–Crippen MR) is 102 cm³/mol. The fraction of sp³-hybridized carbons (Fsp3) is 0.476. The third-order valence-electron chi connectivity index (χ3n) is 4.91. The van der Waals surface area contributed by atoms with Gasteiger partial charge in [-0.15, -0.1) is 0 Å². The Morgan fingerprint density at radius 1 is 1.36 bits per heavy atom. The number of aliphatic hydroxyl groups is 1. The predicted octanol–water partition coefficient (Wildman–Crippen LogP) is 2.53. The van der Waals surface area contributed by atoms with Crippen molar-refractivity contribution in [3.05, 3.63) is 59.8 Å². The number of benzene rings is 1. The molecular formula is C21H27FN2O4. The Labute approximate surface area is 164 Å². The van der Waals surface area contributed by atoms with Crippen LogP contribution in [0, 0.1) is 5.82 Å². The van der Waals surface area contributed by atoms with Crippen molar-refractivity contribution in [2.45, 2.75) is 32.1 Å². The molecule has 1 aliphatic rings. The van der Waals surface area contributed by atoms with Gasteiger partial charge in [-0.3, -0.25) is 9.69 Å². The second-order valence-corrected chi connectivity index (χ2v) is 7.06. The lowest BCUT2D eigenvalue weighted by Crippen LogP contribution is -2.50. The molecule has 1 aliphatic heterocycles. The highest BCUT2D eigenvalue weighted by Gasteiger charge is 2.28. The van der Waals surface area contributed by atoms with E-state index < -0.39 is 11.7 Å². The van der Waals surface area contributed by atoms with E-state index in [4.69, 9.17) is 9.15 Å². The minimum absolute atomic E-state index is 0.0307. The molecule has 28 heavy (non-hydrogen) atoms. The summed E-state index contributed by atoms with van der Waals surface area (Å²) < 4.78 is 25.4. The van der Waals surface area contributed by atoms with Gasteiger partial charge in [0.05, 0.1) is 37.2 Å². The summed E-state index contributed by atoms with van der Waals surface area (Å²) in [5, 5.41) is 9.92. The number of β-amino-alcohol motifs (C(OH)–C–C–N with tert-alkyl or cyclic N) is 1. The first-order valence-electron chi connectivity index (χ1n) is 9.65. The number of morpholine rings is 1. The van der Waals surface area contributed by atoms with Crippen molar-refractivity contribution in [1.29, 1.82) is 0 Å². The topological polar surface area (TPSA) is 66.2 Å². The van der Waals surface area contributed by atoms with Crippen LogP contribution in [0.2, 0.25) is 0 Å². The molecule has 0 saturated carbocycles. The van der Waals surface area contributed by atoms with E-state index in [-0.39, 0.29) is 24.3 Å². The zero-order chi connectivity index (χ0) is 19.9. The molecule has 2 unspecified atom stereocenters. The van der Waals surface area contributed by atoms with Gasteiger partial charge < -0.3 is 19.2 Å². The molecule has 0 spiro atoms. The minimum atomic E-state index is -0.547. The van der Waals surface area contributed by atoms with Gasteiger partial charge in [0, 0.05) is 26.2 Å². The van der Waals surface area contributed by atoms with Crippen molar-refractivity contribution in [2.75, 3.05) is 32.8 Å². The van der Waals surface area contributed by atoms with Crippen molar-refractivity contribution < 1.29 is 23.4 Å². The van der Waals surface area contributed by atoms with E-state index >= 15 is 0 Å². The lowest BCUT2D eigenvalue weighted by molar-refractivity contribution is -0.0517. The molecule has 2 atom stereocenters. The average Bonchev–Trinajstić information content (AvgIpc) is 3.21. The number of carbonyl (C=O) groups is 1. The molecule has 1 aromatic carbocycles. The van der Waals surface area contributed by atoms with E-state index in [1.807, 2.05) is 6.92 Å². The molecule has 7 heteroatoms. The number of amides is 1. The van der Waals surface area contributed by atoms with Crippen LogP contribution in [0.3, 0.4) is 0 Å². The molecule has 0 bridgehead atoms. The monoisotopic (exact) mass is 390 g/mol. The van der Waals surface area contributed by atoms with Crippen molar-refractivity contribution in [3.8, 4) is 0 Å². The number of hydrogen-bond acceptors (Lipinski definition) is 5. The standard InChI is InChI=1S/C21H27FN2O4/c1-2-16(25)12-23-9-11-28-18(13-23)15-24(14-17-6-5-10-27-17)21(26)19-7-3-4-8-20(19)22/h3-8,10,16,18,25H,2,9,11-15H2,1H3. The SMILES string of the molecule is CCC(O)CN1CCOC(CN(Cc2ccco2)C(=O)c2ccccc2F)C1. The lowest BCUT2D eigenvalue weighted by atomic mass is 10.1. The summed E-state index contributed by atoms with van der Waals surface area (Å²) in [6.45, 7) is 4.95. The molecule has 3 rings (SSSR count). The first-order valence-corrected chi connectivity index (χ1v) is 9.65. The summed E-state index contributed by atoms with van der Waals surface area (Å²) in [6.07, 6.45) is 1.64. The molecule has 0 aliphatic carbocycles. The van der Waals surface area contributed by atoms with Gasteiger partial charge in [-0.1, -0.05) is 19.1 Å². The third kappa shape index (κ3) is 5.41. The number of rotatable bonds is 8. The zero-order valence-corrected chi connectivity index (χ0v) is 16.1. The number of halogens is 1. The molecule has 1 N–H and O–H groups in total. The van der Waals surface area contributed by atoms with Crippen molar-refractivity contribution >= 4 is 5.91 Å². The highest BCUT2D eigenvalue weighted by atomic mass is 19.1. The van der Waals surface area contributed by atoms with Crippen LogP contribution in [0.25, 0.3) is 0 Å². The fourth-order valence-electron chi connectivity index (χ4n) is 3.34. The molecule has 1 saturated heterocycles. The maximum absolute atomic E-state index is 14.2. The maximum atomic E-state index is 14.2. The van der Waals surface area contributed by atoms with Gasteiger partial charge in [-0.05, 0) is 30.7 Å². The largest absolute Gasteiger partial charge is 0.467 e. The molecule has 2 aromatic rings. The van der Waals surface area contributed by atoms with Gasteiger partial charge in [0.1, 0.15) is 11.6 Å². The van der Waals surface area contributed by atoms with E-state index in [9.17, 15) is 14.3 Å². The molecule has 1 aromatic heterocycles. The summed E-state index contributed by atoms with van der Waals surface area (Å²) >= 11 is 0. The van der Waals surface area contributed by atoms with Gasteiger partial charge in [-0.2, -0.15) is 0 Å². The molecule has 6 nitrogen and oxygen atoms in total. The lowest BCUT2D eigenvalue weighted by Gasteiger charge is -2.36. The van der Waals surface area contributed by atoms with Gasteiger partial charge in [0.2, 0.25) is 0 Å². The number of ether oxygens (including phenoxy) is 1. The number of hydrogen-bond donors (Lipinski definition) is 1. The summed E-state index contributed by atoms with van der Waals surface area (Å²) in [5.74, 6) is -0.322. The van der Waals surface area contributed by atoms with Gasteiger partial charge in [0.15, 0.2) is 0 Å². The van der Waals surface area contributed by atoms with Crippen LogP contribution in [0.4, 0.5) is 4.39 Å². The Bertz CT molecular complexity index is 753. The Hall–Kier alpha value is -2.22. The van der Waals surface area contributed by atoms with Crippen LogP contribution < -0.4 is 0 Å². The molecule has 1 amide bonds. The normalized spacial score (nSPS) is 18.8. The fourth-order valence-corrected chi connectivity index (χ4v) is 3.34. The van der Waals surface area contributed by atoms with Gasteiger partial charge in [0.25, 0.3) is 5.91 Å². The minimum Gasteiger partial charge on any atom is -0.467 e. The molecule has 0 radical (unpaired) electrons. The van der Waals surface area contributed by atoms with Crippen LogP contribution in [-0.4, -0.2) is 65.8 Å². The maximum Gasteiger partial charge on any atom is 0.257 e. The highest BCUT2D eigenvalue weighted by molar-refractivity contribution is 5.94. The van der Waals surface area contributed by atoms with Crippen LogP contribution in [0.1, 0.15) is 29.5 Å². The Morgan fingerprint density at radius 2 is 2.18 bits per heavy atom. The zero-order valence-electron chi connectivity index (χ0n) is 16.1. The third-order valence-corrected chi connectivity index (χ3v) is 4.91. The Morgan fingerprint density at radius 3 is 2.89 bits per heavy atom. The molecule has 152 valence electrons. The molecule has 2 heterocycles. The van der Waals surface area contributed by atoms with E-state index in [0.29, 0.717) is 38.4 Å². The van der Waals surface area contributed by atoms with Gasteiger partial charge >= 0.3 is 0 Å². The summed E-state index contributed by atoms with van der Waals surface area (Å²) in [7, 11) is 0. The highest BCUT2D eigenvalue weighted by Crippen LogP contribution is 2.16. The van der Waals surface area contributed by atoms with Gasteiger partial charge in [-0.25, -0.2) is 4.39 Å². The Balaban J connectivity index is 1.72. The number of furan rings is 1. The number of nitrogens with zero attached hydrogens (tertiary/aromatic N) is 2. The van der Waals surface area contributed by atoms with Crippen molar-refractivity contribution in [2.24, 2.45) is 0 Å². The average molecular weight is 390 g/mol. The first kappa shape index (κ1) is 20.5. The quantitative estimate of drug-likeness (QED) is 0.750. The van der Waals surface area contributed by atoms with Crippen LogP contribution in [0.15, 0.2) is 47.1 Å².